The number of nitrogen functional groups attached to an aromatic ring is 1. The van der Waals surface area contributed by atoms with Crippen LogP contribution in [0.3, 0.4) is 0 Å². The van der Waals surface area contributed by atoms with Crippen LogP contribution >= 0.6 is 34.7 Å². The van der Waals surface area contributed by atoms with E-state index in [0.717, 1.165) is 28.5 Å². The van der Waals surface area contributed by atoms with E-state index in [4.69, 9.17) is 17.3 Å². The minimum absolute atomic E-state index is 0.709. The predicted molar refractivity (Wildman–Crippen MR) is 76.9 cm³/mol. The highest BCUT2D eigenvalue weighted by Crippen LogP contribution is 2.34. The average molecular weight is 285 g/mol. The maximum absolute atomic E-state index is 6.11. The number of hydrogen-bond donors (Lipinski definition) is 1. The van der Waals surface area contributed by atoms with E-state index in [1.807, 2.05) is 18.2 Å². The second-order valence-corrected chi connectivity index (χ2v) is 5.87. The van der Waals surface area contributed by atoms with Gasteiger partial charge in [-0.25, -0.2) is 4.98 Å². The Morgan fingerprint density at radius 1 is 1.47 bits per heavy atom. The first kappa shape index (κ1) is 12.7. The minimum atomic E-state index is 0.709. The number of aryl methyl sites for hydroxylation is 1. The first-order chi connectivity index (χ1) is 8.20. The van der Waals surface area contributed by atoms with Gasteiger partial charge in [0.1, 0.15) is 0 Å². The van der Waals surface area contributed by atoms with Crippen molar-refractivity contribution in [1.82, 2.24) is 4.98 Å². The molecule has 90 valence electrons. The molecule has 0 fully saturated rings. The molecule has 2 rings (SSSR count). The summed E-state index contributed by atoms with van der Waals surface area (Å²) in [6, 6.07) is 5.59. The summed E-state index contributed by atoms with van der Waals surface area (Å²) in [6.45, 7) is 2.11. The van der Waals surface area contributed by atoms with Gasteiger partial charge in [0.2, 0.25) is 0 Å². The van der Waals surface area contributed by atoms with Crippen molar-refractivity contribution >= 4 is 40.4 Å². The van der Waals surface area contributed by atoms with Gasteiger partial charge in [-0.15, -0.1) is 23.1 Å². The lowest BCUT2D eigenvalue weighted by Gasteiger charge is -2.05. The number of aromatic nitrogens is 1. The van der Waals surface area contributed by atoms with Crippen LogP contribution in [-0.2, 0) is 12.2 Å². The smallest absolute Gasteiger partial charge is 0.0925 e. The summed E-state index contributed by atoms with van der Waals surface area (Å²) in [5, 5.41) is 3.98. The second-order valence-electron chi connectivity index (χ2n) is 3.53. The Morgan fingerprint density at radius 2 is 2.29 bits per heavy atom. The topological polar surface area (TPSA) is 38.9 Å². The van der Waals surface area contributed by atoms with Gasteiger partial charge in [0.15, 0.2) is 0 Å². The molecule has 0 spiro atoms. The van der Waals surface area contributed by atoms with E-state index >= 15 is 0 Å². The van der Waals surface area contributed by atoms with E-state index in [9.17, 15) is 0 Å². The fraction of sp³-hybridized carbons (Fsp3) is 0.250. The minimum Gasteiger partial charge on any atom is -0.398 e. The fourth-order valence-corrected chi connectivity index (χ4v) is 3.48. The molecule has 17 heavy (non-hydrogen) atoms. The second kappa shape index (κ2) is 5.76. The van der Waals surface area contributed by atoms with Crippen LogP contribution < -0.4 is 5.73 Å². The zero-order chi connectivity index (χ0) is 12.3. The number of nitrogens with two attached hydrogens (primary N) is 1. The van der Waals surface area contributed by atoms with Gasteiger partial charge in [0, 0.05) is 21.7 Å². The molecule has 5 heteroatoms. The van der Waals surface area contributed by atoms with Crippen LogP contribution in [0.1, 0.15) is 17.6 Å². The molecule has 0 atom stereocenters. The Labute approximate surface area is 114 Å². The number of thioether (sulfide) groups is 1. The van der Waals surface area contributed by atoms with Crippen molar-refractivity contribution in [2.75, 3.05) is 5.73 Å². The van der Waals surface area contributed by atoms with Gasteiger partial charge >= 0.3 is 0 Å². The molecule has 0 radical (unpaired) electrons. The Balaban J connectivity index is 2.07. The highest BCUT2D eigenvalue weighted by Gasteiger charge is 2.07. The van der Waals surface area contributed by atoms with Crippen molar-refractivity contribution in [3.63, 3.8) is 0 Å². The van der Waals surface area contributed by atoms with Crippen molar-refractivity contribution in [2.24, 2.45) is 0 Å². The normalized spacial score (nSPS) is 10.7. The molecule has 0 aliphatic rings. The van der Waals surface area contributed by atoms with Crippen LogP contribution in [0.5, 0.6) is 0 Å². The number of rotatable bonds is 4. The molecule has 0 unspecified atom stereocenters. The van der Waals surface area contributed by atoms with Crippen LogP contribution in [0.25, 0.3) is 0 Å². The molecule has 0 saturated heterocycles. The van der Waals surface area contributed by atoms with Crippen molar-refractivity contribution in [3.8, 4) is 0 Å². The van der Waals surface area contributed by atoms with Gasteiger partial charge in [-0.3, -0.25) is 0 Å². The van der Waals surface area contributed by atoms with E-state index in [1.165, 1.54) is 5.01 Å². The fourth-order valence-electron chi connectivity index (χ4n) is 1.40. The van der Waals surface area contributed by atoms with E-state index in [0.29, 0.717) is 5.02 Å². The van der Waals surface area contributed by atoms with Gasteiger partial charge in [-0.1, -0.05) is 24.6 Å². The zero-order valence-corrected chi connectivity index (χ0v) is 11.8. The van der Waals surface area contributed by atoms with Gasteiger partial charge in [-0.05, 0) is 18.6 Å². The van der Waals surface area contributed by atoms with Crippen LogP contribution in [-0.4, -0.2) is 4.98 Å². The largest absolute Gasteiger partial charge is 0.398 e. The summed E-state index contributed by atoms with van der Waals surface area (Å²) >= 11 is 9.45. The number of thiazole rings is 1. The van der Waals surface area contributed by atoms with Crippen LogP contribution in [0, 0.1) is 0 Å². The predicted octanol–water partition coefficient (Wildman–Crippen LogP) is 4.23. The summed E-state index contributed by atoms with van der Waals surface area (Å²) in [4.78, 5) is 5.46. The number of halogens is 1. The molecule has 2 aromatic rings. The van der Waals surface area contributed by atoms with Crippen molar-refractivity contribution < 1.29 is 0 Å². The van der Waals surface area contributed by atoms with Crippen molar-refractivity contribution in [1.29, 1.82) is 0 Å². The molecule has 1 aromatic carbocycles. The van der Waals surface area contributed by atoms with Crippen LogP contribution in [0.2, 0.25) is 5.02 Å². The first-order valence-corrected chi connectivity index (χ1v) is 7.55. The lowest BCUT2D eigenvalue weighted by molar-refractivity contribution is 1.06. The molecule has 0 aliphatic heterocycles. The quantitative estimate of drug-likeness (QED) is 0.674. The molecule has 1 heterocycles. The number of anilines is 1. The highest BCUT2D eigenvalue weighted by molar-refractivity contribution is 7.98. The monoisotopic (exact) mass is 284 g/mol. The summed E-state index contributed by atoms with van der Waals surface area (Å²) in [7, 11) is 0. The van der Waals surface area contributed by atoms with Gasteiger partial charge < -0.3 is 5.73 Å². The van der Waals surface area contributed by atoms with Gasteiger partial charge in [0.05, 0.1) is 15.7 Å². The lowest BCUT2D eigenvalue weighted by atomic mass is 10.3. The van der Waals surface area contributed by atoms with E-state index in [2.05, 4.69) is 17.3 Å². The molecule has 2 nitrogen and oxygen atoms in total. The first-order valence-electron chi connectivity index (χ1n) is 5.30. The molecule has 2 N–H and O–H groups in total. The molecular weight excluding hydrogens is 272 g/mol. The zero-order valence-electron chi connectivity index (χ0n) is 9.44. The van der Waals surface area contributed by atoms with Gasteiger partial charge in [0.25, 0.3) is 0 Å². The Bertz CT molecular complexity index is 491. The number of hydrogen-bond acceptors (Lipinski definition) is 4. The standard InChI is InChI=1S/C12H13ClN2S2/c1-2-11-15-8(6-16-11)7-17-12-9(13)4-3-5-10(12)14/h3-6H,2,7,14H2,1H3. The van der Waals surface area contributed by atoms with Gasteiger partial charge in [-0.2, -0.15) is 0 Å². The van der Waals surface area contributed by atoms with Crippen molar-refractivity contribution in [3.05, 3.63) is 39.3 Å². The van der Waals surface area contributed by atoms with E-state index < -0.39 is 0 Å². The summed E-state index contributed by atoms with van der Waals surface area (Å²) < 4.78 is 0. The molecule has 0 amide bonds. The Hall–Kier alpha value is -0.710. The molecule has 0 aliphatic carbocycles. The molecule has 0 bridgehead atoms. The summed E-state index contributed by atoms with van der Waals surface area (Å²) in [5.41, 5.74) is 7.72. The maximum atomic E-state index is 6.11. The molecule has 0 saturated carbocycles. The lowest BCUT2D eigenvalue weighted by Crippen LogP contribution is -1.90. The third kappa shape index (κ3) is 3.15. The van der Waals surface area contributed by atoms with Crippen LogP contribution in [0.4, 0.5) is 5.69 Å². The SMILES string of the molecule is CCc1nc(CSc2c(N)cccc2Cl)cs1. The maximum Gasteiger partial charge on any atom is 0.0925 e. The van der Waals surface area contributed by atoms with Crippen LogP contribution in [0.15, 0.2) is 28.5 Å². The third-order valence-electron chi connectivity index (χ3n) is 2.26. The van der Waals surface area contributed by atoms with E-state index in [-0.39, 0.29) is 0 Å². The number of nitrogens with zero attached hydrogens (tertiary/aromatic N) is 1. The average Bonchev–Trinajstić information content (AvgIpc) is 2.76. The van der Waals surface area contributed by atoms with E-state index in [1.54, 1.807) is 23.1 Å². The van der Waals surface area contributed by atoms with Crippen molar-refractivity contribution in [2.45, 2.75) is 24.0 Å². The molecular formula is C12H13ClN2S2. The Kier molecular flexibility index (Phi) is 4.31. The molecule has 1 aromatic heterocycles. The summed E-state index contributed by atoms with van der Waals surface area (Å²) in [6.07, 6.45) is 0.990. The Morgan fingerprint density at radius 3 is 2.94 bits per heavy atom. The summed E-state index contributed by atoms with van der Waals surface area (Å²) in [5.74, 6) is 0.810. The number of benzene rings is 1. The third-order valence-corrected chi connectivity index (χ3v) is 4.92. The highest BCUT2D eigenvalue weighted by atomic mass is 35.5.